The predicted octanol–water partition coefficient (Wildman–Crippen LogP) is 0.530. The van der Waals surface area contributed by atoms with Crippen molar-refractivity contribution in [1.82, 2.24) is 5.43 Å². The number of amides is 3. The van der Waals surface area contributed by atoms with Crippen LogP contribution in [0.1, 0.15) is 18.4 Å². The molecule has 1 aromatic carbocycles. The molecule has 3 N–H and O–H groups in total. The van der Waals surface area contributed by atoms with Crippen LogP contribution in [0.5, 0.6) is 5.75 Å². The zero-order valence-corrected chi connectivity index (χ0v) is 11.9. The van der Waals surface area contributed by atoms with Crippen molar-refractivity contribution in [2.45, 2.75) is 19.8 Å². The number of ether oxygens (including phenoxy) is 1. The van der Waals surface area contributed by atoms with Gasteiger partial charge in [0, 0.05) is 12.8 Å². The van der Waals surface area contributed by atoms with Gasteiger partial charge in [0.15, 0.2) is 12.4 Å². The molecule has 0 aliphatic carbocycles. The maximum absolute atomic E-state index is 12.2. The fourth-order valence-corrected chi connectivity index (χ4v) is 2.27. The normalized spacial score (nSPS) is 16.7. The standard InChI is InChI=1S/C14H14N4O4/c1-7-4-9-13(22-6-12(20)15-9)10(5-7)16-14(21)8-2-3-11(19)18-17-8/h4-5H,2-3,6H2,1H3,(H,15,20)(H,16,21)(H,18,19). The summed E-state index contributed by atoms with van der Waals surface area (Å²) in [5.41, 5.74) is 4.36. The maximum Gasteiger partial charge on any atom is 0.271 e. The van der Waals surface area contributed by atoms with E-state index in [1.54, 1.807) is 12.1 Å². The third-order valence-corrected chi connectivity index (χ3v) is 3.27. The number of carbonyl (C=O) groups excluding carboxylic acids is 3. The number of fused-ring (bicyclic) bond motifs is 1. The Morgan fingerprint density at radius 3 is 2.82 bits per heavy atom. The molecule has 0 unspecified atom stereocenters. The molecule has 1 aromatic rings. The van der Waals surface area contributed by atoms with Crippen molar-refractivity contribution in [2.24, 2.45) is 5.10 Å². The molecule has 22 heavy (non-hydrogen) atoms. The molecule has 0 radical (unpaired) electrons. The van der Waals surface area contributed by atoms with Gasteiger partial charge in [-0.15, -0.1) is 0 Å². The number of anilines is 2. The van der Waals surface area contributed by atoms with Crippen LogP contribution in [-0.4, -0.2) is 30.0 Å². The lowest BCUT2D eigenvalue weighted by Crippen LogP contribution is -2.33. The molecule has 2 aliphatic heterocycles. The summed E-state index contributed by atoms with van der Waals surface area (Å²) in [6, 6.07) is 3.51. The van der Waals surface area contributed by atoms with Gasteiger partial charge in [0.2, 0.25) is 5.91 Å². The Bertz CT molecular complexity index is 711. The van der Waals surface area contributed by atoms with Gasteiger partial charge in [0.25, 0.3) is 11.8 Å². The van der Waals surface area contributed by atoms with Crippen molar-refractivity contribution >= 4 is 34.8 Å². The number of benzene rings is 1. The van der Waals surface area contributed by atoms with E-state index in [-0.39, 0.29) is 37.0 Å². The third-order valence-electron chi connectivity index (χ3n) is 3.27. The second-order valence-corrected chi connectivity index (χ2v) is 5.07. The van der Waals surface area contributed by atoms with Crippen molar-refractivity contribution in [1.29, 1.82) is 0 Å². The molecule has 0 saturated carbocycles. The summed E-state index contributed by atoms with van der Waals surface area (Å²) in [7, 11) is 0. The fourth-order valence-electron chi connectivity index (χ4n) is 2.27. The molecule has 0 saturated heterocycles. The van der Waals surface area contributed by atoms with Crippen molar-refractivity contribution in [3.05, 3.63) is 17.7 Å². The van der Waals surface area contributed by atoms with Crippen molar-refractivity contribution in [3.63, 3.8) is 0 Å². The van der Waals surface area contributed by atoms with Gasteiger partial charge in [-0.1, -0.05) is 0 Å². The summed E-state index contributed by atoms with van der Waals surface area (Å²) >= 11 is 0. The van der Waals surface area contributed by atoms with Crippen LogP contribution in [0.3, 0.4) is 0 Å². The lowest BCUT2D eigenvalue weighted by Gasteiger charge is -2.22. The van der Waals surface area contributed by atoms with Gasteiger partial charge in [-0.05, 0) is 24.6 Å². The van der Waals surface area contributed by atoms with Gasteiger partial charge in [0.05, 0.1) is 11.4 Å². The number of rotatable bonds is 2. The number of hydrogen-bond donors (Lipinski definition) is 3. The first-order valence-corrected chi connectivity index (χ1v) is 6.77. The van der Waals surface area contributed by atoms with Crippen LogP contribution in [0.15, 0.2) is 17.2 Å². The summed E-state index contributed by atoms with van der Waals surface area (Å²) in [6.07, 6.45) is 0.508. The van der Waals surface area contributed by atoms with E-state index in [4.69, 9.17) is 4.74 Å². The fraction of sp³-hybridized carbons (Fsp3) is 0.286. The molecule has 0 bridgehead atoms. The Kier molecular flexibility index (Phi) is 3.50. The van der Waals surface area contributed by atoms with E-state index in [1.165, 1.54) is 0 Å². The van der Waals surface area contributed by atoms with E-state index in [9.17, 15) is 14.4 Å². The average molecular weight is 302 g/mol. The van der Waals surface area contributed by atoms with Crippen LogP contribution < -0.4 is 20.8 Å². The van der Waals surface area contributed by atoms with Crippen molar-refractivity contribution in [2.75, 3.05) is 17.2 Å². The van der Waals surface area contributed by atoms with Gasteiger partial charge in [0.1, 0.15) is 5.71 Å². The van der Waals surface area contributed by atoms with Gasteiger partial charge in [-0.25, -0.2) is 5.43 Å². The Morgan fingerprint density at radius 1 is 1.27 bits per heavy atom. The van der Waals surface area contributed by atoms with Gasteiger partial charge in [-0.2, -0.15) is 5.10 Å². The van der Waals surface area contributed by atoms with Crippen molar-refractivity contribution in [3.8, 4) is 5.75 Å². The molecule has 2 heterocycles. The molecular formula is C14H14N4O4. The Labute approximate surface area is 125 Å². The van der Waals surface area contributed by atoms with E-state index in [0.29, 0.717) is 17.1 Å². The zero-order chi connectivity index (χ0) is 15.7. The first-order chi connectivity index (χ1) is 10.5. The molecule has 3 rings (SSSR count). The van der Waals surface area contributed by atoms with Gasteiger partial charge in [-0.3, -0.25) is 14.4 Å². The smallest absolute Gasteiger partial charge is 0.271 e. The van der Waals surface area contributed by atoms with Crippen LogP contribution in [0.2, 0.25) is 0 Å². The zero-order valence-electron chi connectivity index (χ0n) is 11.9. The highest BCUT2D eigenvalue weighted by atomic mass is 16.5. The van der Waals surface area contributed by atoms with Gasteiger partial charge >= 0.3 is 0 Å². The molecule has 3 amide bonds. The quantitative estimate of drug-likeness (QED) is 0.740. The molecule has 8 nitrogen and oxygen atoms in total. The maximum atomic E-state index is 12.2. The summed E-state index contributed by atoms with van der Waals surface area (Å²) < 4.78 is 5.39. The first-order valence-electron chi connectivity index (χ1n) is 6.77. The van der Waals surface area contributed by atoms with E-state index in [2.05, 4.69) is 21.2 Å². The first kappa shape index (κ1) is 14.1. The molecule has 0 atom stereocenters. The lowest BCUT2D eigenvalue weighted by molar-refractivity contribution is -0.121. The molecule has 8 heteroatoms. The van der Waals surface area contributed by atoms with E-state index in [1.807, 2.05) is 6.92 Å². The predicted molar refractivity (Wildman–Crippen MR) is 78.7 cm³/mol. The van der Waals surface area contributed by atoms with E-state index in [0.717, 1.165) is 5.56 Å². The summed E-state index contributed by atoms with van der Waals surface area (Å²) in [5.74, 6) is -0.447. The summed E-state index contributed by atoms with van der Waals surface area (Å²) in [4.78, 5) is 34.6. The van der Waals surface area contributed by atoms with Crippen LogP contribution >= 0.6 is 0 Å². The SMILES string of the molecule is Cc1cc2c(c(NC(=O)C3=NNC(=O)CC3)c1)OCC(=O)N2. The number of hydrazone groups is 1. The molecule has 0 spiro atoms. The second kappa shape index (κ2) is 5.47. The minimum Gasteiger partial charge on any atom is -0.479 e. The minimum atomic E-state index is -0.409. The molecule has 0 fully saturated rings. The Hall–Kier alpha value is -2.90. The molecular weight excluding hydrogens is 288 g/mol. The highest BCUT2D eigenvalue weighted by Crippen LogP contribution is 2.37. The lowest BCUT2D eigenvalue weighted by atomic mass is 10.1. The minimum absolute atomic E-state index is 0.101. The Balaban J connectivity index is 1.85. The average Bonchev–Trinajstić information content (AvgIpc) is 2.47. The highest BCUT2D eigenvalue weighted by Gasteiger charge is 2.23. The van der Waals surface area contributed by atoms with Gasteiger partial charge < -0.3 is 15.4 Å². The topological polar surface area (TPSA) is 109 Å². The van der Waals surface area contributed by atoms with Crippen LogP contribution in [0, 0.1) is 6.92 Å². The number of nitrogens with one attached hydrogen (secondary N) is 3. The van der Waals surface area contributed by atoms with Crippen LogP contribution in [-0.2, 0) is 14.4 Å². The van der Waals surface area contributed by atoms with Crippen LogP contribution in [0.25, 0.3) is 0 Å². The number of nitrogens with zero attached hydrogens (tertiary/aromatic N) is 1. The van der Waals surface area contributed by atoms with Crippen molar-refractivity contribution < 1.29 is 19.1 Å². The second-order valence-electron chi connectivity index (χ2n) is 5.07. The van der Waals surface area contributed by atoms with E-state index >= 15 is 0 Å². The number of aryl methyl sites for hydroxylation is 1. The Morgan fingerprint density at radius 2 is 2.09 bits per heavy atom. The molecule has 2 aliphatic rings. The largest absolute Gasteiger partial charge is 0.479 e. The molecule has 0 aromatic heterocycles. The summed E-state index contributed by atoms with van der Waals surface area (Å²) in [5, 5.41) is 9.16. The number of carbonyl (C=O) groups is 3. The molecule has 114 valence electrons. The number of hydrogen-bond acceptors (Lipinski definition) is 5. The monoisotopic (exact) mass is 302 g/mol. The summed E-state index contributed by atoms with van der Waals surface area (Å²) in [6.45, 7) is 1.74. The third kappa shape index (κ3) is 2.76. The van der Waals surface area contributed by atoms with Crippen LogP contribution in [0.4, 0.5) is 11.4 Å². The highest BCUT2D eigenvalue weighted by molar-refractivity contribution is 6.43. The van der Waals surface area contributed by atoms with E-state index < -0.39 is 5.91 Å².